The molecule has 2 aromatic heterocycles. The predicted molar refractivity (Wildman–Crippen MR) is 105 cm³/mol. The molecule has 1 aliphatic heterocycles. The zero-order valence-electron chi connectivity index (χ0n) is 15.0. The molecule has 0 spiro atoms. The van der Waals surface area contributed by atoms with Gasteiger partial charge in [0.25, 0.3) is 0 Å². The lowest BCUT2D eigenvalue weighted by atomic mass is 10.1. The Bertz CT molecular complexity index is 988. The van der Waals surface area contributed by atoms with Crippen LogP contribution in [-0.4, -0.2) is 33.1 Å². The summed E-state index contributed by atoms with van der Waals surface area (Å²) in [6.45, 7) is 0.703. The summed E-state index contributed by atoms with van der Waals surface area (Å²) in [5.41, 5.74) is 1.59. The number of hydrogen-bond acceptors (Lipinski definition) is 4. The SMILES string of the molecule is O=C(NCc1ccc(-n2cccn2)nc1)C1CC(=O)N(c2cccc(Cl)c2)C1. The highest BCUT2D eigenvalue weighted by Gasteiger charge is 2.35. The van der Waals surface area contributed by atoms with Gasteiger partial charge in [0.05, 0.1) is 5.92 Å². The van der Waals surface area contributed by atoms with Crippen LogP contribution in [0.25, 0.3) is 5.82 Å². The molecule has 4 rings (SSSR count). The maximum Gasteiger partial charge on any atom is 0.227 e. The Kier molecular flexibility index (Phi) is 5.08. The number of halogens is 1. The molecule has 1 N–H and O–H groups in total. The summed E-state index contributed by atoms with van der Waals surface area (Å²) in [4.78, 5) is 30.8. The standard InChI is InChI=1S/C20H18ClN5O2/c21-16-3-1-4-17(10-16)25-13-15(9-19(25)27)20(28)23-12-14-5-6-18(22-11-14)26-8-2-7-24-26/h1-8,10-11,15H,9,12-13H2,(H,23,28). The van der Waals surface area contributed by atoms with Crippen molar-refractivity contribution in [1.29, 1.82) is 0 Å². The Balaban J connectivity index is 1.35. The van der Waals surface area contributed by atoms with Crippen LogP contribution < -0.4 is 10.2 Å². The molecule has 1 aliphatic rings. The van der Waals surface area contributed by atoms with Crippen molar-refractivity contribution in [3.05, 3.63) is 71.6 Å². The normalized spacial score (nSPS) is 16.4. The number of benzene rings is 1. The summed E-state index contributed by atoms with van der Waals surface area (Å²) in [5.74, 6) is 0.100. The number of aromatic nitrogens is 3. The van der Waals surface area contributed by atoms with Gasteiger partial charge in [0.1, 0.15) is 0 Å². The third-order valence-electron chi connectivity index (χ3n) is 4.63. The van der Waals surface area contributed by atoms with Crippen molar-refractivity contribution in [2.24, 2.45) is 5.92 Å². The van der Waals surface area contributed by atoms with E-state index in [1.54, 1.807) is 40.2 Å². The van der Waals surface area contributed by atoms with Crippen LogP contribution in [-0.2, 0) is 16.1 Å². The van der Waals surface area contributed by atoms with Gasteiger partial charge in [0.2, 0.25) is 11.8 Å². The number of nitrogens with one attached hydrogen (secondary N) is 1. The number of anilines is 1. The molecule has 1 aromatic carbocycles. The van der Waals surface area contributed by atoms with Gasteiger partial charge in [-0.25, -0.2) is 9.67 Å². The molecular weight excluding hydrogens is 378 g/mol. The summed E-state index contributed by atoms with van der Waals surface area (Å²) < 4.78 is 1.66. The number of pyridine rings is 1. The average molecular weight is 396 g/mol. The van der Waals surface area contributed by atoms with Crippen molar-refractivity contribution in [1.82, 2.24) is 20.1 Å². The van der Waals surface area contributed by atoms with E-state index in [0.717, 1.165) is 5.56 Å². The van der Waals surface area contributed by atoms with E-state index in [1.165, 1.54) is 0 Å². The van der Waals surface area contributed by atoms with Crippen molar-refractivity contribution in [3.8, 4) is 5.82 Å². The first-order valence-electron chi connectivity index (χ1n) is 8.89. The minimum Gasteiger partial charge on any atom is -0.352 e. The van der Waals surface area contributed by atoms with Crippen LogP contribution in [0.2, 0.25) is 5.02 Å². The van der Waals surface area contributed by atoms with Crippen LogP contribution in [0.4, 0.5) is 5.69 Å². The topological polar surface area (TPSA) is 80.1 Å². The predicted octanol–water partition coefficient (Wildman–Crippen LogP) is 2.59. The lowest BCUT2D eigenvalue weighted by Gasteiger charge is -2.17. The molecule has 3 aromatic rings. The molecule has 2 amide bonds. The van der Waals surface area contributed by atoms with Crippen LogP contribution >= 0.6 is 11.6 Å². The Labute approximate surface area is 166 Å². The molecule has 28 heavy (non-hydrogen) atoms. The van der Waals surface area contributed by atoms with E-state index in [0.29, 0.717) is 29.6 Å². The van der Waals surface area contributed by atoms with Gasteiger partial charge in [0.15, 0.2) is 5.82 Å². The van der Waals surface area contributed by atoms with Crippen LogP contribution in [0.5, 0.6) is 0 Å². The van der Waals surface area contributed by atoms with Crippen LogP contribution in [0, 0.1) is 5.92 Å². The van der Waals surface area contributed by atoms with Gasteiger partial charge in [-0.2, -0.15) is 5.10 Å². The van der Waals surface area contributed by atoms with Gasteiger partial charge >= 0.3 is 0 Å². The number of hydrogen-bond donors (Lipinski definition) is 1. The Morgan fingerprint density at radius 2 is 2.14 bits per heavy atom. The third kappa shape index (κ3) is 3.89. The van der Waals surface area contributed by atoms with E-state index in [2.05, 4.69) is 15.4 Å². The van der Waals surface area contributed by atoms with Crippen molar-refractivity contribution in [2.75, 3.05) is 11.4 Å². The zero-order chi connectivity index (χ0) is 19.5. The van der Waals surface area contributed by atoms with E-state index in [1.807, 2.05) is 30.5 Å². The lowest BCUT2D eigenvalue weighted by molar-refractivity contribution is -0.126. The fourth-order valence-electron chi connectivity index (χ4n) is 3.17. The Morgan fingerprint density at radius 1 is 1.25 bits per heavy atom. The van der Waals surface area contributed by atoms with Crippen LogP contribution in [0.1, 0.15) is 12.0 Å². The van der Waals surface area contributed by atoms with Crippen molar-refractivity contribution in [3.63, 3.8) is 0 Å². The van der Waals surface area contributed by atoms with Gasteiger partial charge in [0, 0.05) is 48.8 Å². The maximum absolute atomic E-state index is 12.5. The minimum atomic E-state index is -0.386. The molecule has 3 heterocycles. The number of carbonyl (C=O) groups excluding carboxylic acids is 2. The average Bonchev–Trinajstić information content (AvgIpc) is 3.36. The number of nitrogens with zero attached hydrogens (tertiary/aromatic N) is 4. The van der Waals surface area contributed by atoms with E-state index in [4.69, 9.17) is 11.6 Å². The van der Waals surface area contributed by atoms with E-state index >= 15 is 0 Å². The Morgan fingerprint density at radius 3 is 2.86 bits per heavy atom. The van der Waals surface area contributed by atoms with Gasteiger partial charge < -0.3 is 10.2 Å². The molecule has 8 heteroatoms. The molecule has 1 atom stereocenters. The van der Waals surface area contributed by atoms with Gasteiger partial charge in [-0.3, -0.25) is 9.59 Å². The minimum absolute atomic E-state index is 0.0762. The third-order valence-corrected chi connectivity index (χ3v) is 4.87. The van der Waals surface area contributed by atoms with Gasteiger partial charge in [-0.05, 0) is 35.9 Å². The highest BCUT2D eigenvalue weighted by atomic mass is 35.5. The molecule has 0 radical (unpaired) electrons. The van der Waals surface area contributed by atoms with E-state index in [9.17, 15) is 9.59 Å². The second-order valence-electron chi connectivity index (χ2n) is 6.58. The number of rotatable bonds is 5. The molecule has 1 saturated heterocycles. The molecule has 0 aliphatic carbocycles. The molecule has 1 fully saturated rings. The molecule has 1 unspecified atom stereocenters. The van der Waals surface area contributed by atoms with Gasteiger partial charge in [-0.1, -0.05) is 23.7 Å². The fraction of sp³-hybridized carbons (Fsp3) is 0.200. The molecule has 0 bridgehead atoms. The monoisotopic (exact) mass is 395 g/mol. The summed E-state index contributed by atoms with van der Waals surface area (Å²) in [6, 6.07) is 12.6. The van der Waals surface area contributed by atoms with Crippen molar-refractivity contribution in [2.45, 2.75) is 13.0 Å². The number of carbonyl (C=O) groups is 2. The lowest BCUT2D eigenvalue weighted by Crippen LogP contribution is -2.32. The summed E-state index contributed by atoms with van der Waals surface area (Å²) in [5, 5.41) is 7.58. The Hall–Kier alpha value is -3.19. The van der Waals surface area contributed by atoms with Crippen LogP contribution in [0.15, 0.2) is 61.1 Å². The molecule has 7 nitrogen and oxygen atoms in total. The second-order valence-corrected chi connectivity index (χ2v) is 7.01. The molecule has 0 saturated carbocycles. The summed E-state index contributed by atoms with van der Waals surface area (Å²) >= 11 is 6.00. The summed E-state index contributed by atoms with van der Waals surface area (Å²) in [6.07, 6.45) is 5.39. The quantitative estimate of drug-likeness (QED) is 0.720. The molecule has 142 valence electrons. The largest absolute Gasteiger partial charge is 0.352 e. The first kappa shape index (κ1) is 18.2. The maximum atomic E-state index is 12.5. The van der Waals surface area contributed by atoms with Crippen molar-refractivity contribution >= 4 is 29.1 Å². The van der Waals surface area contributed by atoms with E-state index < -0.39 is 0 Å². The van der Waals surface area contributed by atoms with Crippen LogP contribution in [0.3, 0.4) is 0 Å². The smallest absolute Gasteiger partial charge is 0.227 e. The molecular formula is C20H18ClN5O2. The zero-order valence-corrected chi connectivity index (χ0v) is 15.7. The van der Waals surface area contributed by atoms with Crippen molar-refractivity contribution < 1.29 is 9.59 Å². The second kappa shape index (κ2) is 7.82. The van der Waals surface area contributed by atoms with E-state index in [-0.39, 0.29) is 24.2 Å². The number of amides is 2. The highest BCUT2D eigenvalue weighted by molar-refractivity contribution is 6.31. The fourth-order valence-corrected chi connectivity index (χ4v) is 3.36. The first-order valence-corrected chi connectivity index (χ1v) is 9.26. The first-order chi connectivity index (χ1) is 13.6. The van der Waals surface area contributed by atoms with Gasteiger partial charge in [-0.15, -0.1) is 0 Å². The highest BCUT2D eigenvalue weighted by Crippen LogP contribution is 2.27. The summed E-state index contributed by atoms with van der Waals surface area (Å²) in [7, 11) is 0.